The van der Waals surface area contributed by atoms with Crippen molar-refractivity contribution >= 4 is 18.0 Å². The minimum absolute atomic E-state index is 0.0769. The Morgan fingerprint density at radius 2 is 2.13 bits per heavy atom. The first-order chi connectivity index (χ1) is 11.1. The maximum atomic E-state index is 12.0. The lowest BCUT2D eigenvalue weighted by molar-refractivity contribution is -0.156. The van der Waals surface area contributed by atoms with Crippen molar-refractivity contribution < 1.29 is 14.3 Å². The number of carbonyl (C=O) groups excluding carboxylic acids is 1. The van der Waals surface area contributed by atoms with E-state index < -0.39 is 6.29 Å². The van der Waals surface area contributed by atoms with Gasteiger partial charge in [-0.15, -0.1) is 0 Å². The van der Waals surface area contributed by atoms with Gasteiger partial charge in [-0.05, 0) is 53.7 Å². The first kappa shape index (κ1) is 14.7. The average Bonchev–Trinajstić information content (AvgIpc) is 3.12. The molecule has 2 saturated heterocycles. The second kappa shape index (κ2) is 5.33. The van der Waals surface area contributed by atoms with Gasteiger partial charge in [-0.3, -0.25) is 4.79 Å². The zero-order chi connectivity index (χ0) is 16.1. The number of fused-ring (bicyclic) bond motifs is 2. The summed E-state index contributed by atoms with van der Waals surface area (Å²) in [7, 11) is 0. The molecule has 2 bridgehead atoms. The van der Waals surface area contributed by atoms with E-state index in [1.165, 1.54) is 0 Å². The van der Waals surface area contributed by atoms with E-state index >= 15 is 0 Å². The normalized spacial score (nSPS) is 26.7. The van der Waals surface area contributed by atoms with E-state index in [4.69, 9.17) is 21.7 Å². The lowest BCUT2D eigenvalue weighted by atomic mass is 10.0. The summed E-state index contributed by atoms with van der Waals surface area (Å²) in [4.78, 5) is 12.0. The molecule has 2 fully saturated rings. The van der Waals surface area contributed by atoms with Gasteiger partial charge in [-0.25, -0.2) is 4.68 Å². The Bertz CT molecular complexity index is 843. The lowest BCUT2D eigenvalue weighted by Crippen LogP contribution is -2.37. The molecule has 23 heavy (non-hydrogen) atoms. The van der Waals surface area contributed by atoms with Gasteiger partial charge in [-0.1, -0.05) is 12.1 Å². The molecule has 3 atom stereocenters. The molecule has 120 valence electrons. The Hall–Kier alpha value is -1.90. The molecule has 0 N–H and O–H groups in total. The molecular weight excluding hydrogens is 316 g/mol. The number of aryl methyl sites for hydroxylation is 1. The monoisotopic (exact) mass is 332 g/mol. The number of tetrazole rings is 1. The van der Waals surface area contributed by atoms with Crippen LogP contribution in [0, 0.1) is 18.6 Å². The molecule has 2 aromatic rings. The number of nitrogens with zero attached hydrogens (tertiary/aromatic N) is 4. The second-order valence-corrected chi connectivity index (χ2v) is 6.28. The van der Waals surface area contributed by atoms with Gasteiger partial charge in [0.25, 0.3) is 0 Å². The number of ether oxygens (including phenoxy) is 2. The van der Waals surface area contributed by atoms with Crippen molar-refractivity contribution in [3.05, 3.63) is 34.1 Å². The van der Waals surface area contributed by atoms with Crippen molar-refractivity contribution in [1.29, 1.82) is 0 Å². The van der Waals surface area contributed by atoms with Crippen molar-refractivity contribution in [1.82, 2.24) is 19.8 Å². The highest BCUT2D eigenvalue weighted by Crippen LogP contribution is 2.32. The van der Waals surface area contributed by atoms with Gasteiger partial charge in [-0.2, -0.15) is 4.68 Å². The number of rotatable bonds is 2. The van der Waals surface area contributed by atoms with Gasteiger partial charge in [0.2, 0.25) is 11.1 Å². The largest absolute Gasteiger partial charge is 0.343 e. The van der Waals surface area contributed by atoms with Crippen LogP contribution < -0.4 is 0 Å². The summed E-state index contributed by atoms with van der Waals surface area (Å²) in [5.41, 5.74) is 3.14. The van der Waals surface area contributed by atoms with E-state index in [0.29, 0.717) is 17.8 Å². The van der Waals surface area contributed by atoms with E-state index in [0.717, 1.165) is 16.8 Å². The summed E-state index contributed by atoms with van der Waals surface area (Å²) >= 11 is 5.54. The molecule has 0 radical (unpaired) electrons. The Balaban J connectivity index is 1.76. The maximum absolute atomic E-state index is 12.0. The summed E-state index contributed by atoms with van der Waals surface area (Å²) in [5.74, 6) is -0.0769. The highest BCUT2D eigenvalue weighted by molar-refractivity contribution is 7.71. The standard InChI is InChI=1S/C15H16N4O3S/c1-8-4-3-5-10(9(8)2)18-15(23)19(17-16-18)11-6-12(20)14-21-7-13(11)22-14/h3-5,11,13-14H,6-7H2,1-2H3/t11-,13+,14-/m0/s1. The average molecular weight is 332 g/mol. The van der Waals surface area contributed by atoms with Crippen LogP contribution in [0.4, 0.5) is 0 Å². The van der Waals surface area contributed by atoms with Gasteiger partial charge in [0.05, 0.1) is 18.3 Å². The van der Waals surface area contributed by atoms with Crippen LogP contribution in [0.5, 0.6) is 0 Å². The van der Waals surface area contributed by atoms with Crippen molar-refractivity contribution in [2.24, 2.45) is 0 Å². The fraction of sp³-hybridized carbons (Fsp3) is 0.467. The van der Waals surface area contributed by atoms with E-state index in [1.807, 2.05) is 32.0 Å². The summed E-state index contributed by atoms with van der Waals surface area (Å²) in [6, 6.07) is 5.68. The zero-order valence-electron chi connectivity index (χ0n) is 12.8. The quantitative estimate of drug-likeness (QED) is 0.779. The summed E-state index contributed by atoms with van der Waals surface area (Å²) < 4.78 is 14.6. The highest BCUT2D eigenvalue weighted by Gasteiger charge is 2.45. The SMILES string of the molecule is Cc1cccc(-n2nnn([C@H]3CC(=O)[C@H]4OC[C@H]3O4)c2=S)c1C. The Morgan fingerprint density at radius 3 is 2.96 bits per heavy atom. The molecule has 4 rings (SSSR count). The summed E-state index contributed by atoms with van der Waals surface area (Å²) in [5, 5.41) is 8.36. The van der Waals surface area contributed by atoms with Crippen LogP contribution in [-0.2, 0) is 14.3 Å². The van der Waals surface area contributed by atoms with Crippen LogP contribution in [0.15, 0.2) is 18.2 Å². The van der Waals surface area contributed by atoms with Crippen LogP contribution in [0.2, 0.25) is 0 Å². The third-order valence-electron chi connectivity index (χ3n) is 4.53. The number of benzene rings is 1. The molecular formula is C15H16N4O3S. The van der Waals surface area contributed by atoms with Crippen molar-refractivity contribution in [2.45, 2.75) is 38.7 Å². The number of hydrogen-bond acceptors (Lipinski definition) is 6. The third kappa shape index (κ3) is 2.25. The molecule has 7 nitrogen and oxygen atoms in total. The van der Waals surface area contributed by atoms with Crippen LogP contribution >= 0.6 is 12.2 Å². The minimum Gasteiger partial charge on any atom is -0.343 e. The smallest absolute Gasteiger partial charge is 0.221 e. The second-order valence-electron chi connectivity index (χ2n) is 5.91. The lowest BCUT2D eigenvalue weighted by Gasteiger charge is -2.25. The Labute approximate surface area is 137 Å². The number of Topliss-reactive ketones (excluding diaryl/α,β-unsaturated/α-hetero) is 1. The molecule has 0 aliphatic carbocycles. The molecule has 8 heteroatoms. The van der Waals surface area contributed by atoms with Crippen LogP contribution in [0.3, 0.4) is 0 Å². The minimum atomic E-state index is -0.723. The van der Waals surface area contributed by atoms with E-state index in [2.05, 4.69) is 10.4 Å². The molecule has 0 saturated carbocycles. The molecule has 1 aromatic heterocycles. The predicted molar refractivity (Wildman–Crippen MR) is 82.9 cm³/mol. The zero-order valence-corrected chi connectivity index (χ0v) is 13.6. The van der Waals surface area contributed by atoms with Gasteiger partial charge in [0, 0.05) is 6.42 Å². The van der Waals surface area contributed by atoms with E-state index in [-0.39, 0.29) is 17.9 Å². The molecule has 0 amide bonds. The maximum Gasteiger partial charge on any atom is 0.221 e. The van der Waals surface area contributed by atoms with Gasteiger partial charge in [0.15, 0.2) is 5.78 Å². The third-order valence-corrected chi connectivity index (χ3v) is 4.89. The fourth-order valence-corrected chi connectivity index (χ4v) is 3.36. The van der Waals surface area contributed by atoms with Gasteiger partial charge >= 0.3 is 0 Å². The first-order valence-electron chi connectivity index (χ1n) is 7.47. The Kier molecular flexibility index (Phi) is 3.40. The van der Waals surface area contributed by atoms with Crippen LogP contribution in [0.25, 0.3) is 5.69 Å². The van der Waals surface area contributed by atoms with E-state index in [9.17, 15) is 4.79 Å². The predicted octanol–water partition coefficient (Wildman–Crippen LogP) is 1.67. The number of hydrogen-bond donors (Lipinski definition) is 0. The van der Waals surface area contributed by atoms with E-state index in [1.54, 1.807) is 9.36 Å². The summed E-state index contributed by atoms with van der Waals surface area (Å²) in [6.45, 7) is 4.43. The van der Waals surface area contributed by atoms with Crippen molar-refractivity contribution in [2.75, 3.05) is 6.61 Å². The number of carbonyl (C=O) groups is 1. The van der Waals surface area contributed by atoms with Gasteiger partial charge in [0.1, 0.15) is 6.10 Å². The van der Waals surface area contributed by atoms with Crippen molar-refractivity contribution in [3.8, 4) is 5.69 Å². The fourth-order valence-electron chi connectivity index (χ4n) is 3.05. The molecule has 0 unspecified atom stereocenters. The molecule has 0 spiro atoms. The first-order valence-corrected chi connectivity index (χ1v) is 7.88. The molecule has 2 aliphatic heterocycles. The molecule has 3 heterocycles. The van der Waals surface area contributed by atoms with Gasteiger partial charge < -0.3 is 9.47 Å². The molecule has 2 aliphatic rings. The number of aromatic nitrogens is 4. The highest BCUT2D eigenvalue weighted by atomic mass is 32.1. The van der Waals surface area contributed by atoms with Crippen LogP contribution in [-0.4, -0.2) is 44.6 Å². The van der Waals surface area contributed by atoms with Crippen LogP contribution in [0.1, 0.15) is 23.6 Å². The number of ketones is 1. The Morgan fingerprint density at radius 1 is 1.30 bits per heavy atom. The van der Waals surface area contributed by atoms with Crippen molar-refractivity contribution in [3.63, 3.8) is 0 Å². The topological polar surface area (TPSA) is 71.2 Å². The summed E-state index contributed by atoms with van der Waals surface area (Å²) in [6.07, 6.45) is -0.637. The molecule has 1 aromatic carbocycles.